The Morgan fingerprint density at radius 1 is 0.223 bits per heavy atom. The van der Waals surface area contributed by atoms with E-state index < -0.39 is 0 Å². The highest BCUT2D eigenvalue weighted by Crippen LogP contribution is 2.15. The van der Waals surface area contributed by atoms with Crippen LogP contribution >= 0.6 is 0 Å². The number of ether oxygens (including phenoxy) is 5. The normalized spacial score (nSPS) is 12.8. The van der Waals surface area contributed by atoms with Crippen molar-refractivity contribution in [1.29, 1.82) is 0 Å². The Morgan fingerprint density at radius 3 is 0.702 bits per heavy atom. The quantitative estimate of drug-likeness (QED) is 0.0287. The fraction of sp³-hybridized carbons (Fsp3) is 0.643. The fourth-order valence-electron chi connectivity index (χ4n) is 12.3. The number of hydrogen-bond acceptors (Lipinski definition) is 5. The predicted octanol–water partition coefficient (Wildman–Crippen LogP) is 17.5. The topological polar surface area (TPSA) is 46.2 Å². The van der Waals surface area contributed by atoms with E-state index in [0.717, 1.165) is 122 Å². The lowest BCUT2D eigenvalue weighted by atomic mass is 10.2. The van der Waals surface area contributed by atoms with Crippen LogP contribution in [0.15, 0.2) is 152 Å². The third-order valence-electron chi connectivity index (χ3n) is 19.2. The van der Waals surface area contributed by atoms with Gasteiger partial charge in [-0.1, -0.05) is 206 Å². The van der Waals surface area contributed by atoms with Gasteiger partial charge in [0.15, 0.2) is 0 Å². The van der Waals surface area contributed by atoms with Gasteiger partial charge < -0.3 is 46.1 Å². The third-order valence-corrected chi connectivity index (χ3v) is 19.2. The molecule has 0 fully saturated rings. The van der Waals surface area contributed by atoms with E-state index in [0.29, 0.717) is 0 Å². The third kappa shape index (κ3) is 43.1. The van der Waals surface area contributed by atoms with Crippen LogP contribution < -0.4 is 0 Å². The largest absolute Gasteiger partial charge is 0.375 e. The first kappa shape index (κ1) is 87.7. The summed E-state index contributed by atoms with van der Waals surface area (Å²) in [5.41, 5.74) is 6.72. The molecule has 5 rings (SSSR count). The molecule has 0 aromatic heterocycles. The van der Waals surface area contributed by atoms with Crippen LogP contribution in [0.25, 0.3) is 0 Å². The lowest BCUT2D eigenvalue weighted by Crippen LogP contribution is -2.51. The highest BCUT2D eigenvalue weighted by molar-refractivity contribution is 5.17. The second kappa shape index (κ2) is 56.7. The molecule has 0 bridgehead atoms. The Kier molecular flexibility index (Phi) is 52.9. The lowest BCUT2D eigenvalue weighted by molar-refractivity contribution is -0.927. The average Bonchev–Trinajstić information content (AvgIpc) is 2.34. The molecule has 534 valence electrons. The second-order valence-electron chi connectivity index (χ2n) is 27.2. The summed E-state index contributed by atoms with van der Waals surface area (Å²) in [5.74, 6) is 0. The molecule has 0 aliphatic heterocycles. The molecule has 0 N–H and O–H groups in total. The minimum absolute atomic E-state index is 0.741. The van der Waals surface area contributed by atoms with E-state index in [-0.39, 0.29) is 0 Å². The van der Waals surface area contributed by atoms with E-state index in [9.17, 15) is 0 Å². The zero-order chi connectivity index (χ0) is 69.2. The smallest absolute Gasteiger partial charge is 0.102 e. The van der Waals surface area contributed by atoms with Gasteiger partial charge in [-0.25, -0.2) is 0 Å². The van der Waals surface area contributed by atoms with Crippen molar-refractivity contribution in [3.05, 3.63) is 179 Å². The Balaban J connectivity index is 0.000000590. The zero-order valence-corrected chi connectivity index (χ0v) is 63.8. The molecule has 0 saturated carbocycles. The van der Waals surface area contributed by atoms with Crippen molar-refractivity contribution in [3.8, 4) is 0 Å². The summed E-state index contributed by atoms with van der Waals surface area (Å²) in [5, 5.41) is 0. The summed E-state index contributed by atoms with van der Waals surface area (Å²) in [6.45, 7) is 56.7. The molecular formula is C84H148N5O5+5. The van der Waals surface area contributed by atoms with Crippen molar-refractivity contribution >= 4 is 0 Å². The maximum atomic E-state index is 5.91. The van der Waals surface area contributed by atoms with Gasteiger partial charge >= 0.3 is 0 Å². The molecule has 0 heterocycles. The van der Waals surface area contributed by atoms with E-state index in [1.54, 1.807) is 0 Å². The van der Waals surface area contributed by atoms with Crippen molar-refractivity contribution in [2.24, 2.45) is 0 Å². The minimum atomic E-state index is 0.741. The van der Waals surface area contributed by atoms with Gasteiger partial charge in [0.25, 0.3) is 0 Å². The van der Waals surface area contributed by atoms with Crippen molar-refractivity contribution in [3.63, 3.8) is 0 Å². The first-order chi connectivity index (χ1) is 45.6. The van der Waals surface area contributed by atoms with Crippen LogP contribution in [-0.2, 0) is 56.0 Å². The maximum absolute atomic E-state index is 5.91. The molecule has 0 aliphatic carbocycles. The Bertz CT molecular complexity index is 2360. The first-order valence-electron chi connectivity index (χ1n) is 37.9. The Morgan fingerprint density at radius 2 is 0.457 bits per heavy atom. The summed E-state index contributed by atoms with van der Waals surface area (Å²) in [7, 11) is 6.54. The van der Waals surface area contributed by atoms with Crippen molar-refractivity contribution in [2.45, 2.75) is 167 Å². The van der Waals surface area contributed by atoms with Crippen molar-refractivity contribution < 1.29 is 46.1 Å². The summed E-state index contributed by atoms with van der Waals surface area (Å²) >= 11 is 0. The zero-order valence-electron chi connectivity index (χ0n) is 63.8. The van der Waals surface area contributed by atoms with Gasteiger partial charge in [0, 0.05) is 0 Å². The van der Waals surface area contributed by atoms with Gasteiger partial charge in [0.2, 0.25) is 0 Å². The number of likely N-dealkylation sites (N-methyl/N-ethyl adjacent to an activating group) is 5. The van der Waals surface area contributed by atoms with Crippen LogP contribution in [0.1, 0.15) is 162 Å². The molecule has 2 atom stereocenters. The van der Waals surface area contributed by atoms with E-state index in [1.165, 1.54) is 182 Å². The van der Waals surface area contributed by atoms with E-state index in [4.69, 9.17) is 23.7 Å². The van der Waals surface area contributed by atoms with Gasteiger partial charge in [-0.05, 0) is 134 Å². The maximum Gasteiger partial charge on any atom is 0.102 e. The summed E-state index contributed by atoms with van der Waals surface area (Å²) in [6.07, 6.45) is 14.4. The lowest BCUT2D eigenvalue weighted by Gasteiger charge is -2.37. The predicted molar refractivity (Wildman–Crippen MR) is 407 cm³/mol. The fourth-order valence-corrected chi connectivity index (χ4v) is 12.3. The van der Waals surface area contributed by atoms with Crippen LogP contribution in [0.2, 0.25) is 0 Å². The van der Waals surface area contributed by atoms with E-state index in [2.05, 4.69) is 250 Å². The Labute approximate surface area is 581 Å². The van der Waals surface area contributed by atoms with Crippen LogP contribution in [0.4, 0.5) is 0 Å². The molecule has 0 amide bonds. The molecule has 0 radical (unpaired) electrons. The highest BCUT2D eigenvalue weighted by Gasteiger charge is 2.26. The number of hydrogen-bond donors (Lipinski definition) is 0. The molecule has 2 unspecified atom stereocenters. The summed E-state index contributed by atoms with van der Waals surface area (Å²) in [6, 6.07) is 52.7. The summed E-state index contributed by atoms with van der Waals surface area (Å²) in [4.78, 5) is 0. The number of quaternary nitrogens is 5. The monoisotopic (exact) mass is 1310 g/mol. The van der Waals surface area contributed by atoms with Crippen LogP contribution in [0.3, 0.4) is 0 Å². The number of rotatable bonds is 49. The van der Waals surface area contributed by atoms with E-state index >= 15 is 0 Å². The number of unbranched alkanes of at least 4 members (excludes halogenated alkanes) is 2. The standard InChI is InChI=1S/C19H34NO.2C18H32NO.C16H28NO.C13H22NO/c1-4-7-15-20(6-3,14-5-2)16-18-21-17-13-19-11-9-8-10-12-19;1-4-13-19(6-3,14-5-2)15-17-20-16-12-18-10-8-7-9-11-18;1-4-7-14-19(6-3,13-5-2)15-16-20-17-18-11-9-8-10-12-18;1-4-17(5-2,6-3)13-15-18-14-12-16-10-8-7-9-11-16;1-14(2,3)10-12-15-11-9-13-7-5-4-6-8-13/h8-12H,4-7,13-18H2,1-3H3;7-11H,4-6,12-17H2,1-3H3;8-12H,4-7,13-17H2,1-3H3;7-11H,4-6,12-15H2,1-3H3;4-8H,9-12H2,1-3H3/q5*+1. The minimum Gasteiger partial charge on any atom is -0.375 e. The van der Waals surface area contributed by atoms with E-state index in [1.807, 2.05) is 6.07 Å². The highest BCUT2D eigenvalue weighted by atomic mass is 16.5. The van der Waals surface area contributed by atoms with Crippen molar-refractivity contribution in [1.82, 2.24) is 0 Å². The van der Waals surface area contributed by atoms with Gasteiger partial charge in [-0.3, -0.25) is 0 Å². The van der Waals surface area contributed by atoms with Gasteiger partial charge in [-0.2, -0.15) is 0 Å². The van der Waals surface area contributed by atoms with Crippen LogP contribution in [0, 0.1) is 0 Å². The second-order valence-corrected chi connectivity index (χ2v) is 27.2. The molecule has 0 saturated heterocycles. The molecule has 10 heteroatoms. The number of benzene rings is 5. The Hall–Kier alpha value is -4.30. The first-order valence-corrected chi connectivity index (χ1v) is 37.9. The summed E-state index contributed by atoms with van der Waals surface area (Å²) < 4.78 is 34.9. The van der Waals surface area contributed by atoms with Gasteiger partial charge in [0.05, 0.1) is 166 Å². The molecule has 5 aromatic rings. The molecule has 0 spiro atoms. The molecule has 0 aliphatic rings. The van der Waals surface area contributed by atoms with Gasteiger partial charge in [-0.15, -0.1) is 0 Å². The molecule has 5 aromatic carbocycles. The van der Waals surface area contributed by atoms with Gasteiger partial charge in [0.1, 0.15) is 32.7 Å². The molecule has 94 heavy (non-hydrogen) atoms. The molecule has 10 nitrogen and oxygen atoms in total. The van der Waals surface area contributed by atoms with Crippen LogP contribution in [0.5, 0.6) is 0 Å². The molecular weight excluding hydrogens is 1160 g/mol. The van der Waals surface area contributed by atoms with Crippen LogP contribution in [-0.4, -0.2) is 214 Å². The average molecular weight is 1310 g/mol. The number of nitrogens with zero attached hydrogens (tertiary/aromatic N) is 5. The van der Waals surface area contributed by atoms with Crippen molar-refractivity contribution in [2.75, 3.05) is 192 Å². The SMILES string of the molecule is CCCC[N+](CC)(CCC)CCOCCc1ccccc1.CCCC[N+](CC)(CCC)CCOCc1ccccc1.CCC[N+](CC)(CCC)CCOCCc1ccccc1.CC[N+](CC)(CC)CCOCCc1ccccc1.C[N+](C)(C)CCOCCc1ccccc1.